The van der Waals surface area contributed by atoms with Crippen molar-refractivity contribution in [2.75, 3.05) is 0 Å². The summed E-state index contributed by atoms with van der Waals surface area (Å²) in [4.78, 5) is 32.0. The lowest BCUT2D eigenvalue weighted by molar-refractivity contribution is -0.192. The number of aliphatic carboxylic acids is 2. The van der Waals surface area contributed by atoms with Crippen LogP contribution >= 0.6 is 0 Å². The molecule has 0 spiro atoms. The Morgan fingerprint density at radius 1 is 1.11 bits per heavy atom. The number of benzene rings is 1. The lowest BCUT2D eigenvalue weighted by atomic mass is 10.0. The Bertz CT molecular complexity index is 662. The number of carboxylic acids is 2. The van der Waals surface area contributed by atoms with E-state index < -0.39 is 36.1 Å². The lowest BCUT2D eigenvalue weighted by Crippen LogP contribution is -2.49. The highest BCUT2D eigenvalue weighted by Crippen LogP contribution is 2.13. The molecule has 2 atom stereocenters. The maximum absolute atomic E-state index is 12.0. The zero-order chi connectivity index (χ0) is 22.1. The van der Waals surface area contributed by atoms with Crippen molar-refractivity contribution in [3.8, 4) is 5.75 Å². The molecule has 0 unspecified atom stereocenters. The van der Waals surface area contributed by atoms with Crippen molar-refractivity contribution in [1.29, 1.82) is 0 Å². The minimum Gasteiger partial charge on any atom is -0.508 e. The quantitative estimate of drug-likeness (QED) is 0.459. The summed E-state index contributed by atoms with van der Waals surface area (Å²) >= 11 is 0. The second-order valence-electron chi connectivity index (χ2n) is 6.31. The number of aromatic hydroxyl groups is 1. The van der Waals surface area contributed by atoms with Gasteiger partial charge in [0, 0.05) is 0 Å². The van der Waals surface area contributed by atoms with Gasteiger partial charge in [-0.3, -0.25) is 4.79 Å². The van der Waals surface area contributed by atoms with E-state index in [1.54, 1.807) is 12.1 Å². The van der Waals surface area contributed by atoms with Gasteiger partial charge in [0.05, 0.1) is 6.04 Å². The Labute approximate surface area is 159 Å². The zero-order valence-corrected chi connectivity index (χ0v) is 15.2. The average Bonchev–Trinajstić information content (AvgIpc) is 2.55. The third-order valence-corrected chi connectivity index (χ3v) is 3.29. The highest BCUT2D eigenvalue weighted by molar-refractivity contribution is 5.87. The van der Waals surface area contributed by atoms with Crippen molar-refractivity contribution in [3.63, 3.8) is 0 Å². The van der Waals surface area contributed by atoms with Crippen LogP contribution in [0.3, 0.4) is 0 Å². The van der Waals surface area contributed by atoms with Gasteiger partial charge in [0.2, 0.25) is 5.91 Å². The van der Waals surface area contributed by atoms with E-state index in [-0.39, 0.29) is 18.1 Å². The number of phenolic OH excluding ortho intramolecular Hbond substituents is 1. The van der Waals surface area contributed by atoms with Crippen molar-refractivity contribution >= 4 is 17.8 Å². The number of nitrogens with two attached hydrogens (primary N) is 1. The number of hydrogen-bond acceptors (Lipinski definition) is 5. The van der Waals surface area contributed by atoms with Crippen LogP contribution in [0, 0.1) is 5.92 Å². The third kappa shape index (κ3) is 10.4. The standard InChI is InChI=1S/C15H22N2O4.C2HF3O2/c1-9(2)7-13(15(20)21)17-14(19)12(16)8-10-3-5-11(18)6-4-10;3-2(4,5)1(6)7/h3-6,9,12-13,18H,7-8,16H2,1-2H3,(H,17,19)(H,20,21);(H,6,7)/t12-,13-;/m0./s1. The molecule has 1 aromatic rings. The SMILES string of the molecule is CC(C)C[C@H](NC(=O)[C@@H](N)Cc1ccc(O)cc1)C(=O)O.O=C(O)C(F)(F)F. The first kappa shape index (κ1) is 25.2. The van der Waals surface area contributed by atoms with Gasteiger partial charge < -0.3 is 26.4 Å². The molecule has 28 heavy (non-hydrogen) atoms. The molecule has 0 heterocycles. The molecule has 0 saturated heterocycles. The Morgan fingerprint density at radius 3 is 1.93 bits per heavy atom. The highest BCUT2D eigenvalue weighted by atomic mass is 19.4. The lowest BCUT2D eigenvalue weighted by Gasteiger charge is -2.19. The Hall–Kier alpha value is -2.82. The molecule has 8 nitrogen and oxygen atoms in total. The first-order valence-electron chi connectivity index (χ1n) is 8.10. The van der Waals surface area contributed by atoms with E-state index in [9.17, 15) is 27.9 Å². The number of amides is 1. The normalized spacial score (nSPS) is 13.1. The molecular formula is C17H23F3N2O6. The van der Waals surface area contributed by atoms with E-state index >= 15 is 0 Å². The molecule has 0 fully saturated rings. The molecule has 1 aromatic carbocycles. The molecule has 0 bridgehead atoms. The van der Waals surface area contributed by atoms with Gasteiger partial charge >= 0.3 is 18.1 Å². The first-order valence-corrected chi connectivity index (χ1v) is 8.10. The minimum absolute atomic E-state index is 0.139. The topological polar surface area (TPSA) is 150 Å². The van der Waals surface area contributed by atoms with Crippen molar-refractivity contribution < 1.29 is 42.9 Å². The second-order valence-corrected chi connectivity index (χ2v) is 6.31. The molecule has 0 aliphatic heterocycles. The summed E-state index contributed by atoms with van der Waals surface area (Å²) < 4.78 is 31.7. The number of rotatable bonds is 7. The number of carbonyl (C=O) groups is 3. The molecule has 0 aliphatic carbocycles. The van der Waals surface area contributed by atoms with E-state index in [0.717, 1.165) is 5.56 Å². The van der Waals surface area contributed by atoms with Crippen LogP contribution in [-0.2, 0) is 20.8 Å². The fourth-order valence-corrected chi connectivity index (χ4v) is 1.95. The number of alkyl halides is 3. The number of carbonyl (C=O) groups excluding carboxylic acids is 1. The number of nitrogens with one attached hydrogen (secondary N) is 1. The molecule has 6 N–H and O–H groups in total. The molecule has 11 heteroatoms. The summed E-state index contributed by atoms with van der Waals surface area (Å²) in [5.74, 6) is -4.02. The molecule has 0 aliphatic rings. The molecule has 0 radical (unpaired) electrons. The van der Waals surface area contributed by atoms with E-state index in [2.05, 4.69) is 5.32 Å². The van der Waals surface area contributed by atoms with Crippen molar-refractivity contribution in [2.45, 2.75) is 44.9 Å². The van der Waals surface area contributed by atoms with E-state index in [4.69, 9.17) is 20.7 Å². The van der Waals surface area contributed by atoms with Crippen LogP contribution in [0.25, 0.3) is 0 Å². The molecule has 0 aromatic heterocycles. The van der Waals surface area contributed by atoms with Crippen LogP contribution in [0.5, 0.6) is 5.75 Å². The largest absolute Gasteiger partial charge is 0.508 e. The summed E-state index contributed by atoms with van der Waals surface area (Å²) in [5.41, 5.74) is 6.60. The maximum Gasteiger partial charge on any atom is 0.490 e. The summed E-state index contributed by atoms with van der Waals surface area (Å²) in [6, 6.07) is 4.61. The van der Waals surface area contributed by atoms with Crippen molar-refractivity contribution in [2.24, 2.45) is 11.7 Å². The minimum atomic E-state index is -5.08. The van der Waals surface area contributed by atoms with Crippen LogP contribution in [0.4, 0.5) is 13.2 Å². The molecule has 1 amide bonds. The predicted octanol–water partition coefficient (Wildman–Crippen LogP) is 1.51. The number of phenols is 1. The Kier molecular flexibility index (Phi) is 10.0. The fourth-order valence-electron chi connectivity index (χ4n) is 1.95. The van der Waals surface area contributed by atoms with Gasteiger partial charge in [0.25, 0.3) is 0 Å². The smallest absolute Gasteiger partial charge is 0.490 e. The van der Waals surface area contributed by atoms with E-state index in [0.29, 0.717) is 6.42 Å². The summed E-state index contributed by atoms with van der Waals surface area (Å²) in [5, 5.41) is 27.9. The van der Waals surface area contributed by atoms with Gasteiger partial charge in [-0.1, -0.05) is 26.0 Å². The molecule has 158 valence electrons. The van der Waals surface area contributed by atoms with Gasteiger partial charge in [-0.05, 0) is 36.5 Å². The third-order valence-electron chi connectivity index (χ3n) is 3.29. The number of halogens is 3. The molecular weight excluding hydrogens is 385 g/mol. The fraction of sp³-hybridized carbons (Fsp3) is 0.471. The van der Waals surface area contributed by atoms with Crippen LogP contribution in [-0.4, -0.2) is 51.4 Å². The monoisotopic (exact) mass is 408 g/mol. The summed E-state index contributed by atoms with van der Waals surface area (Å²) in [6.07, 6.45) is -4.45. The van der Waals surface area contributed by atoms with E-state index in [1.807, 2.05) is 13.8 Å². The predicted molar refractivity (Wildman–Crippen MR) is 92.5 cm³/mol. The van der Waals surface area contributed by atoms with Crippen LogP contribution in [0.15, 0.2) is 24.3 Å². The van der Waals surface area contributed by atoms with Crippen molar-refractivity contribution in [3.05, 3.63) is 29.8 Å². The van der Waals surface area contributed by atoms with Crippen LogP contribution in [0.2, 0.25) is 0 Å². The average molecular weight is 408 g/mol. The van der Waals surface area contributed by atoms with Gasteiger partial charge in [-0.15, -0.1) is 0 Å². The summed E-state index contributed by atoms with van der Waals surface area (Å²) in [7, 11) is 0. The zero-order valence-electron chi connectivity index (χ0n) is 15.2. The molecule has 1 rings (SSSR count). The van der Waals surface area contributed by atoms with Crippen LogP contribution < -0.4 is 11.1 Å². The van der Waals surface area contributed by atoms with Gasteiger partial charge in [-0.25, -0.2) is 9.59 Å². The summed E-state index contributed by atoms with van der Waals surface area (Å²) in [6.45, 7) is 3.77. The van der Waals surface area contributed by atoms with Gasteiger partial charge in [-0.2, -0.15) is 13.2 Å². The number of carboxylic acid groups (broad SMARTS) is 2. The molecule has 0 saturated carbocycles. The highest BCUT2D eigenvalue weighted by Gasteiger charge is 2.38. The van der Waals surface area contributed by atoms with Gasteiger partial charge in [0.1, 0.15) is 11.8 Å². The van der Waals surface area contributed by atoms with E-state index in [1.165, 1.54) is 12.1 Å². The second kappa shape index (κ2) is 11.1. The number of hydrogen-bond donors (Lipinski definition) is 5. The van der Waals surface area contributed by atoms with Gasteiger partial charge in [0.15, 0.2) is 0 Å². The maximum atomic E-state index is 12.0. The first-order chi connectivity index (χ1) is 12.7. The Balaban J connectivity index is 0.000000887. The van der Waals surface area contributed by atoms with Crippen LogP contribution in [0.1, 0.15) is 25.8 Å². The Morgan fingerprint density at radius 2 is 1.57 bits per heavy atom. The van der Waals surface area contributed by atoms with Crippen molar-refractivity contribution in [1.82, 2.24) is 5.32 Å².